The minimum atomic E-state index is -0.670. The largest absolute Gasteiger partial charge is 0.462 e. The fourth-order valence-electron chi connectivity index (χ4n) is 4.81. The Balaban J connectivity index is 1.89. The minimum absolute atomic E-state index is 0.0751. The number of nitro groups is 1. The number of aromatic nitrogens is 1. The van der Waals surface area contributed by atoms with Gasteiger partial charge in [0, 0.05) is 30.1 Å². The number of carbonyl (C=O) groups is 2. The van der Waals surface area contributed by atoms with Crippen molar-refractivity contribution >= 4 is 29.3 Å². The molecule has 4 aromatic rings. The third kappa shape index (κ3) is 4.00. The van der Waals surface area contributed by atoms with E-state index in [1.54, 1.807) is 31.3 Å². The average molecular weight is 498 g/mol. The van der Waals surface area contributed by atoms with Crippen LogP contribution in [0.1, 0.15) is 40.1 Å². The van der Waals surface area contributed by atoms with Crippen LogP contribution in [-0.2, 0) is 9.47 Å². The third-order valence-electron chi connectivity index (χ3n) is 6.36. The van der Waals surface area contributed by atoms with E-state index in [9.17, 15) is 19.7 Å². The molecule has 0 aliphatic carbocycles. The minimum Gasteiger partial charge on any atom is -0.462 e. The number of benzene rings is 2. The van der Waals surface area contributed by atoms with Gasteiger partial charge in [-0.2, -0.15) is 0 Å². The summed E-state index contributed by atoms with van der Waals surface area (Å²) >= 11 is 0. The van der Waals surface area contributed by atoms with E-state index in [0.29, 0.717) is 27.9 Å². The monoisotopic (exact) mass is 497 g/mol. The summed E-state index contributed by atoms with van der Waals surface area (Å²) in [4.78, 5) is 38.7. The van der Waals surface area contributed by atoms with Crippen LogP contribution in [0.3, 0.4) is 0 Å². The molecule has 0 spiro atoms. The molecule has 9 heteroatoms. The Morgan fingerprint density at radius 3 is 2.46 bits per heavy atom. The lowest BCUT2D eigenvalue weighted by atomic mass is 9.89. The highest BCUT2D eigenvalue weighted by molar-refractivity contribution is 6.06. The molecule has 0 radical (unpaired) electrons. The molecular formula is C28H23N3O6. The SMILES string of the molecule is CCOC(=O)c1c(-c2ccc([N+](=O)[O-])cc2)c([C@H]2c3ccccc3C=CN2C(=O)OC)n2ccccc12. The number of nitrogens with zero attached hydrogens (tertiary/aromatic N) is 3. The topological polar surface area (TPSA) is 103 Å². The van der Waals surface area contributed by atoms with E-state index in [4.69, 9.17) is 9.47 Å². The highest BCUT2D eigenvalue weighted by Crippen LogP contribution is 2.44. The fraction of sp³-hybridized carbons (Fsp3) is 0.143. The number of fused-ring (bicyclic) bond motifs is 2. The number of methoxy groups -OCH3 is 1. The Labute approximate surface area is 212 Å². The van der Waals surface area contributed by atoms with Gasteiger partial charge in [-0.15, -0.1) is 0 Å². The van der Waals surface area contributed by atoms with E-state index >= 15 is 0 Å². The highest BCUT2D eigenvalue weighted by atomic mass is 16.6. The molecule has 1 atom stereocenters. The van der Waals surface area contributed by atoms with E-state index in [1.165, 1.54) is 24.1 Å². The molecule has 0 saturated heterocycles. The average Bonchev–Trinajstić information content (AvgIpc) is 3.27. The number of non-ortho nitro benzene ring substituents is 1. The van der Waals surface area contributed by atoms with E-state index in [0.717, 1.165) is 11.1 Å². The zero-order valence-corrected chi connectivity index (χ0v) is 20.2. The first-order valence-electron chi connectivity index (χ1n) is 11.6. The van der Waals surface area contributed by atoms with E-state index in [2.05, 4.69) is 0 Å². The molecular weight excluding hydrogens is 474 g/mol. The van der Waals surface area contributed by atoms with Crippen LogP contribution in [0.25, 0.3) is 22.7 Å². The maximum Gasteiger partial charge on any atom is 0.414 e. The Morgan fingerprint density at radius 1 is 1.03 bits per heavy atom. The van der Waals surface area contributed by atoms with Crippen LogP contribution in [-0.4, -0.2) is 40.0 Å². The van der Waals surface area contributed by atoms with Gasteiger partial charge in [0.1, 0.15) is 6.04 Å². The summed E-state index contributed by atoms with van der Waals surface area (Å²) in [6, 6.07) is 18.4. The summed E-state index contributed by atoms with van der Waals surface area (Å²) in [6.45, 7) is 1.89. The standard InChI is InChI=1S/C28H23N3O6/c1-3-37-27(32)24-22-10-6-7-16-29(22)26(23(24)19-11-13-20(14-12-19)31(34)35)25-21-9-5-4-8-18(21)15-17-30(25)28(33)36-2/h4-17,25H,3H2,1-2H3/t25-/m1/s1. The van der Waals surface area contributed by atoms with Gasteiger partial charge in [-0.25, -0.2) is 9.59 Å². The van der Waals surface area contributed by atoms with Crippen molar-refractivity contribution < 1.29 is 24.0 Å². The molecule has 37 heavy (non-hydrogen) atoms. The predicted molar refractivity (Wildman–Crippen MR) is 137 cm³/mol. The normalized spacial score (nSPS) is 14.3. The number of nitro benzene ring substituents is 1. The smallest absolute Gasteiger partial charge is 0.414 e. The van der Waals surface area contributed by atoms with Gasteiger partial charge in [-0.05, 0) is 54.0 Å². The summed E-state index contributed by atoms with van der Waals surface area (Å²) in [6.07, 6.45) is 4.73. The van der Waals surface area contributed by atoms with Crippen LogP contribution in [0.2, 0.25) is 0 Å². The second kappa shape index (κ2) is 9.62. The van der Waals surface area contributed by atoms with Crippen LogP contribution < -0.4 is 0 Å². The molecule has 0 saturated carbocycles. The number of ether oxygens (including phenoxy) is 2. The van der Waals surface area contributed by atoms with Gasteiger partial charge in [-0.1, -0.05) is 30.3 Å². The van der Waals surface area contributed by atoms with Crippen molar-refractivity contribution in [3.05, 3.63) is 112 Å². The van der Waals surface area contributed by atoms with Crippen molar-refractivity contribution in [3.63, 3.8) is 0 Å². The number of hydrogen-bond donors (Lipinski definition) is 0. The van der Waals surface area contributed by atoms with Crippen LogP contribution in [0.15, 0.2) is 79.1 Å². The molecule has 0 fully saturated rings. The van der Waals surface area contributed by atoms with Crippen molar-refractivity contribution in [2.75, 3.05) is 13.7 Å². The molecule has 1 aliphatic heterocycles. The molecule has 1 aliphatic rings. The summed E-state index contributed by atoms with van der Waals surface area (Å²) in [5.41, 5.74) is 4.27. The number of amides is 1. The Hall–Kier alpha value is -4.92. The number of pyridine rings is 1. The summed E-state index contributed by atoms with van der Waals surface area (Å²) in [5.74, 6) is -0.532. The first-order chi connectivity index (χ1) is 18.0. The quantitative estimate of drug-likeness (QED) is 0.195. The molecule has 0 bridgehead atoms. The van der Waals surface area contributed by atoms with E-state index < -0.39 is 23.0 Å². The van der Waals surface area contributed by atoms with Crippen LogP contribution in [0, 0.1) is 10.1 Å². The first-order valence-corrected chi connectivity index (χ1v) is 11.6. The maximum atomic E-state index is 13.4. The van der Waals surface area contributed by atoms with Crippen LogP contribution >= 0.6 is 0 Å². The number of rotatable bonds is 5. The fourth-order valence-corrected chi connectivity index (χ4v) is 4.81. The molecule has 186 valence electrons. The van der Waals surface area contributed by atoms with Gasteiger partial charge in [0.15, 0.2) is 0 Å². The molecule has 1 amide bonds. The van der Waals surface area contributed by atoms with Crippen molar-refractivity contribution in [3.8, 4) is 11.1 Å². The predicted octanol–water partition coefficient (Wildman–Crippen LogP) is 5.83. The number of hydrogen-bond acceptors (Lipinski definition) is 6. The summed E-state index contributed by atoms with van der Waals surface area (Å²) in [5, 5.41) is 11.3. The van der Waals surface area contributed by atoms with Gasteiger partial charge < -0.3 is 13.9 Å². The molecule has 0 unspecified atom stereocenters. The third-order valence-corrected chi connectivity index (χ3v) is 6.36. The molecule has 9 nitrogen and oxygen atoms in total. The van der Waals surface area contributed by atoms with Gasteiger partial charge in [0.05, 0.1) is 35.4 Å². The zero-order chi connectivity index (χ0) is 26.1. The van der Waals surface area contributed by atoms with Crippen molar-refractivity contribution in [2.24, 2.45) is 0 Å². The second-order valence-corrected chi connectivity index (χ2v) is 8.34. The lowest BCUT2D eigenvalue weighted by molar-refractivity contribution is -0.384. The number of esters is 1. The van der Waals surface area contributed by atoms with Gasteiger partial charge in [-0.3, -0.25) is 15.0 Å². The van der Waals surface area contributed by atoms with Crippen molar-refractivity contribution in [2.45, 2.75) is 13.0 Å². The maximum absolute atomic E-state index is 13.4. The molecule has 2 aromatic heterocycles. The van der Waals surface area contributed by atoms with Gasteiger partial charge in [0.25, 0.3) is 5.69 Å². The van der Waals surface area contributed by atoms with E-state index in [-0.39, 0.29) is 12.3 Å². The Kier molecular flexibility index (Phi) is 6.19. The lowest BCUT2D eigenvalue weighted by Gasteiger charge is -2.33. The Morgan fingerprint density at radius 2 is 1.76 bits per heavy atom. The summed E-state index contributed by atoms with van der Waals surface area (Å²) in [7, 11) is 1.31. The Bertz CT molecular complexity index is 1550. The molecule has 5 rings (SSSR count). The molecule has 0 N–H and O–H groups in total. The first kappa shape index (κ1) is 23.8. The highest BCUT2D eigenvalue weighted by Gasteiger charge is 2.37. The summed E-state index contributed by atoms with van der Waals surface area (Å²) < 4.78 is 12.4. The van der Waals surface area contributed by atoms with Crippen molar-refractivity contribution in [1.29, 1.82) is 0 Å². The van der Waals surface area contributed by atoms with E-state index in [1.807, 2.05) is 53.1 Å². The number of carbonyl (C=O) groups excluding carboxylic acids is 2. The zero-order valence-electron chi connectivity index (χ0n) is 20.2. The van der Waals surface area contributed by atoms with Crippen LogP contribution in [0.4, 0.5) is 10.5 Å². The van der Waals surface area contributed by atoms with Gasteiger partial charge >= 0.3 is 12.1 Å². The van der Waals surface area contributed by atoms with Crippen LogP contribution in [0.5, 0.6) is 0 Å². The van der Waals surface area contributed by atoms with Crippen molar-refractivity contribution in [1.82, 2.24) is 9.30 Å². The van der Waals surface area contributed by atoms with Gasteiger partial charge in [0.2, 0.25) is 0 Å². The molecule has 3 heterocycles. The molecule has 2 aromatic carbocycles. The second-order valence-electron chi connectivity index (χ2n) is 8.34. The lowest BCUT2D eigenvalue weighted by Crippen LogP contribution is -2.34.